The Balaban J connectivity index is 2.42. The summed E-state index contributed by atoms with van der Waals surface area (Å²) in [5, 5.41) is 2.74. The summed E-state index contributed by atoms with van der Waals surface area (Å²) < 4.78 is 5.48. The van der Waals surface area contributed by atoms with Gasteiger partial charge in [-0.25, -0.2) is 4.79 Å². The molecule has 2 aromatic carbocycles. The zero-order valence-electron chi connectivity index (χ0n) is 26.9. The van der Waals surface area contributed by atoms with E-state index in [4.69, 9.17) is 4.74 Å². The van der Waals surface area contributed by atoms with Gasteiger partial charge in [0.1, 0.15) is 11.6 Å². The molecule has 1 unspecified atom stereocenters. The molecule has 3 amide bonds. The van der Waals surface area contributed by atoms with Crippen LogP contribution in [-0.4, -0.2) is 68.4 Å². The highest BCUT2D eigenvalue weighted by Crippen LogP contribution is 2.27. The highest BCUT2D eigenvalue weighted by atomic mass is 16.6. The lowest BCUT2D eigenvalue weighted by molar-refractivity contribution is -0.121. The molecule has 2 rings (SSSR count). The Morgan fingerprint density at radius 3 is 2.02 bits per heavy atom. The minimum atomic E-state index is -1.09. The molecule has 42 heavy (non-hydrogen) atoms. The fourth-order valence-electron chi connectivity index (χ4n) is 4.23. The molecule has 0 saturated heterocycles. The number of nitrogens with one attached hydrogen (secondary N) is 1. The summed E-state index contributed by atoms with van der Waals surface area (Å²) in [4.78, 5) is 57.2. The van der Waals surface area contributed by atoms with Gasteiger partial charge in [-0.2, -0.15) is 0 Å². The van der Waals surface area contributed by atoms with Crippen LogP contribution in [0.3, 0.4) is 0 Å². The van der Waals surface area contributed by atoms with Crippen molar-refractivity contribution in [3.8, 4) is 0 Å². The van der Waals surface area contributed by atoms with Crippen LogP contribution in [0.2, 0.25) is 0 Å². The number of alkyl carbamates (subject to hydrolysis) is 1. The molecule has 0 radical (unpaired) electrons. The van der Waals surface area contributed by atoms with Gasteiger partial charge in [0.15, 0.2) is 5.78 Å². The minimum absolute atomic E-state index is 0.0556. The number of amides is 3. The number of hydrogen-bond acceptors (Lipinski definition) is 6. The van der Waals surface area contributed by atoms with Crippen molar-refractivity contribution in [2.24, 2.45) is 5.41 Å². The monoisotopic (exact) mass is 580 g/mol. The van der Waals surface area contributed by atoms with E-state index in [1.165, 1.54) is 4.90 Å². The Hall–Kier alpha value is -3.72. The van der Waals surface area contributed by atoms with Crippen LogP contribution in [0.15, 0.2) is 48.5 Å². The van der Waals surface area contributed by atoms with Crippen molar-refractivity contribution in [1.82, 2.24) is 10.2 Å². The van der Waals surface area contributed by atoms with Gasteiger partial charge in [-0.3, -0.25) is 14.4 Å². The first-order chi connectivity index (χ1) is 19.4. The lowest BCUT2D eigenvalue weighted by Gasteiger charge is -2.29. The molecule has 0 bridgehead atoms. The average molecular weight is 581 g/mol. The number of carbonyl (C=O) groups excluding carboxylic acids is 4. The molecule has 0 spiro atoms. The van der Waals surface area contributed by atoms with Crippen molar-refractivity contribution >= 4 is 35.1 Å². The lowest BCUT2D eigenvalue weighted by Crippen LogP contribution is -2.44. The normalized spacial score (nSPS) is 12.5. The molecule has 0 saturated carbocycles. The van der Waals surface area contributed by atoms with Gasteiger partial charge in [0, 0.05) is 37.0 Å². The van der Waals surface area contributed by atoms with E-state index in [2.05, 4.69) is 26.1 Å². The summed E-state index contributed by atoms with van der Waals surface area (Å²) in [5.74, 6) is -0.442. The molecule has 9 heteroatoms. The third kappa shape index (κ3) is 10.6. The maximum atomic E-state index is 14.1. The maximum absolute atomic E-state index is 14.1. The fraction of sp³-hybridized carbons (Fsp3) is 0.515. The van der Waals surface area contributed by atoms with Gasteiger partial charge < -0.3 is 24.8 Å². The number of anilines is 2. The second-order valence-corrected chi connectivity index (χ2v) is 13.0. The van der Waals surface area contributed by atoms with E-state index in [0.717, 1.165) is 6.42 Å². The van der Waals surface area contributed by atoms with Crippen LogP contribution in [0, 0.1) is 5.41 Å². The highest BCUT2D eigenvalue weighted by molar-refractivity contribution is 6.01. The molecule has 0 aliphatic carbocycles. The number of likely N-dealkylation sites (N-methyl/N-ethyl adjacent to an activating group) is 3. The summed E-state index contributed by atoms with van der Waals surface area (Å²) in [6, 6.07) is 12.9. The molecular formula is C33H48N4O5. The number of ketones is 1. The molecule has 230 valence electrons. The van der Waals surface area contributed by atoms with Crippen molar-refractivity contribution in [2.45, 2.75) is 73.0 Å². The lowest BCUT2D eigenvalue weighted by atomic mass is 9.88. The Morgan fingerprint density at radius 1 is 0.881 bits per heavy atom. The van der Waals surface area contributed by atoms with Gasteiger partial charge in [-0.05, 0) is 95.6 Å². The third-order valence-corrected chi connectivity index (χ3v) is 6.51. The Morgan fingerprint density at radius 2 is 1.50 bits per heavy atom. The van der Waals surface area contributed by atoms with E-state index in [1.54, 1.807) is 86.1 Å². The van der Waals surface area contributed by atoms with Crippen molar-refractivity contribution < 1.29 is 23.9 Å². The van der Waals surface area contributed by atoms with Crippen molar-refractivity contribution in [3.63, 3.8) is 0 Å². The van der Waals surface area contributed by atoms with Crippen LogP contribution in [0.4, 0.5) is 16.2 Å². The first-order valence-corrected chi connectivity index (χ1v) is 14.4. The highest BCUT2D eigenvalue weighted by Gasteiger charge is 2.30. The first-order valence-electron chi connectivity index (χ1n) is 14.4. The van der Waals surface area contributed by atoms with Gasteiger partial charge >= 0.3 is 6.09 Å². The number of hydrogen-bond donors (Lipinski definition) is 1. The second-order valence-electron chi connectivity index (χ2n) is 13.0. The van der Waals surface area contributed by atoms with Crippen LogP contribution in [-0.2, 0) is 14.3 Å². The topological polar surface area (TPSA) is 99.3 Å². The Bertz CT molecular complexity index is 1240. The van der Waals surface area contributed by atoms with Crippen molar-refractivity contribution in [1.29, 1.82) is 0 Å². The van der Waals surface area contributed by atoms with Crippen molar-refractivity contribution in [3.05, 3.63) is 59.7 Å². The Labute approximate surface area is 251 Å². The summed E-state index contributed by atoms with van der Waals surface area (Å²) in [6.07, 6.45) is 0.488. The fourth-order valence-corrected chi connectivity index (χ4v) is 4.23. The van der Waals surface area contributed by atoms with Crippen LogP contribution < -0.4 is 15.1 Å². The molecule has 2 aromatic rings. The zero-order chi connectivity index (χ0) is 31.8. The minimum Gasteiger partial charge on any atom is -0.444 e. The summed E-state index contributed by atoms with van der Waals surface area (Å²) >= 11 is 0. The molecule has 1 N–H and O–H groups in total. The van der Waals surface area contributed by atoms with Crippen LogP contribution >= 0.6 is 0 Å². The second kappa shape index (κ2) is 14.4. The molecule has 0 heterocycles. The van der Waals surface area contributed by atoms with E-state index in [-0.39, 0.29) is 29.6 Å². The average Bonchev–Trinajstić information content (AvgIpc) is 2.89. The summed E-state index contributed by atoms with van der Waals surface area (Å²) in [5.41, 5.74) is 1.57. The van der Waals surface area contributed by atoms with Crippen LogP contribution in [0.25, 0.3) is 0 Å². The summed E-state index contributed by atoms with van der Waals surface area (Å²) in [7, 11) is 5.30. The molecule has 0 aromatic heterocycles. The standard InChI is InChI=1S/C33H48N4O5/c1-11-37(25-17-15-23(16-18-25)27(38)19-20-32(2,3)4)30(40)29(34-31(41)42-33(5,6)7)24-13-12-14-26(21-24)36(10)28(39)22-35(8)9/h12-18,21,29H,11,19-20,22H2,1-10H3,(H,34,41). The zero-order valence-corrected chi connectivity index (χ0v) is 26.9. The Kier molecular flexibility index (Phi) is 11.9. The van der Waals surface area contributed by atoms with Gasteiger partial charge in [-0.1, -0.05) is 32.9 Å². The van der Waals surface area contributed by atoms with E-state index < -0.39 is 17.7 Å². The van der Waals surface area contributed by atoms with Gasteiger partial charge in [-0.15, -0.1) is 0 Å². The number of benzene rings is 2. The third-order valence-electron chi connectivity index (χ3n) is 6.51. The van der Waals surface area contributed by atoms with Crippen molar-refractivity contribution in [2.75, 3.05) is 44.0 Å². The van der Waals surface area contributed by atoms with Gasteiger partial charge in [0.25, 0.3) is 5.91 Å². The number of carbonyl (C=O) groups is 4. The summed E-state index contributed by atoms with van der Waals surface area (Å²) in [6.45, 7) is 13.9. The molecule has 9 nitrogen and oxygen atoms in total. The van der Waals surface area contributed by atoms with E-state index in [0.29, 0.717) is 35.5 Å². The van der Waals surface area contributed by atoms with Crippen LogP contribution in [0.1, 0.15) is 83.3 Å². The smallest absolute Gasteiger partial charge is 0.408 e. The number of ether oxygens (including phenoxy) is 1. The molecule has 0 fully saturated rings. The molecule has 0 aliphatic heterocycles. The number of Topliss-reactive ketones (excluding diaryl/α,β-unsaturated/α-hetero) is 1. The SMILES string of the molecule is CCN(C(=O)C(NC(=O)OC(C)(C)C)c1cccc(N(C)C(=O)CN(C)C)c1)c1ccc(C(=O)CCC(C)(C)C)cc1. The molecule has 1 atom stereocenters. The largest absolute Gasteiger partial charge is 0.444 e. The number of nitrogens with zero attached hydrogens (tertiary/aromatic N) is 3. The van der Waals surface area contributed by atoms with Crippen LogP contribution in [0.5, 0.6) is 0 Å². The quantitative estimate of drug-likeness (QED) is 0.335. The molecule has 0 aliphatic rings. The first kappa shape index (κ1) is 34.5. The van der Waals surface area contributed by atoms with Gasteiger partial charge in [0.05, 0.1) is 6.54 Å². The molecular weight excluding hydrogens is 532 g/mol. The predicted molar refractivity (Wildman–Crippen MR) is 168 cm³/mol. The van der Waals surface area contributed by atoms with Gasteiger partial charge in [0.2, 0.25) is 5.91 Å². The van der Waals surface area contributed by atoms with E-state index in [9.17, 15) is 19.2 Å². The number of rotatable bonds is 11. The van der Waals surface area contributed by atoms with E-state index >= 15 is 0 Å². The predicted octanol–water partition coefficient (Wildman–Crippen LogP) is 5.84. The maximum Gasteiger partial charge on any atom is 0.408 e. The van der Waals surface area contributed by atoms with E-state index in [1.807, 2.05) is 21.0 Å².